The molecule has 38 heavy (non-hydrogen) atoms. The quantitative estimate of drug-likeness (QED) is 0.370. The number of hydrogen-bond acceptors (Lipinski definition) is 6. The lowest BCUT2D eigenvalue weighted by Gasteiger charge is -2.34. The smallest absolute Gasteiger partial charge is 0.411 e. The predicted octanol–water partition coefficient (Wildman–Crippen LogP) is 5.60. The van der Waals surface area contributed by atoms with E-state index < -0.39 is 6.09 Å². The second kappa shape index (κ2) is 24.4. The Labute approximate surface area is 229 Å². The minimum absolute atomic E-state index is 0.0290. The van der Waals surface area contributed by atoms with Crippen molar-refractivity contribution in [3.05, 3.63) is 35.9 Å². The van der Waals surface area contributed by atoms with Crippen LogP contribution in [-0.2, 0) is 30.3 Å². The molecule has 2 heterocycles. The number of aryl methyl sites for hydroxylation is 1. The van der Waals surface area contributed by atoms with Crippen molar-refractivity contribution < 1.29 is 33.8 Å². The summed E-state index contributed by atoms with van der Waals surface area (Å²) in [5.74, 6) is -0.207. The topological polar surface area (TPSA) is 122 Å². The summed E-state index contributed by atoms with van der Waals surface area (Å²) in [6.45, 7) is 15.0. The molecule has 1 aromatic carbocycles. The standard InChI is InChI=1S/C10H18O3.C8H10.C6H11NO.C3H8.C2H3NO3/c1-4-9-10(13-8(3)11)6-5-7(2)12-9;1-2-8-6-4-3-5-7-8;1-6-3-2-4-7(6)5-8;1-3-2;4-1-3-2(5)6/h7,9-10H,4-6H2,1-3H3;3-7H,2H2,1H3;5-6H,2-4H2,1H3;3H2,1-2H3;1H,(H,3,4)(H,5,6)/t7-,9?,10?;;;;/m0..../s1. The molecule has 2 aliphatic rings. The number of likely N-dealkylation sites (tertiary alicyclic amines) is 1. The second-order valence-electron chi connectivity index (χ2n) is 9.07. The van der Waals surface area contributed by atoms with E-state index >= 15 is 0 Å². The Balaban J connectivity index is 0. The highest BCUT2D eigenvalue weighted by Gasteiger charge is 2.30. The van der Waals surface area contributed by atoms with Crippen LogP contribution in [0.1, 0.15) is 92.6 Å². The van der Waals surface area contributed by atoms with Gasteiger partial charge in [0, 0.05) is 19.5 Å². The maximum atomic E-state index is 10.8. The Hall–Kier alpha value is -2.94. The van der Waals surface area contributed by atoms with Crippen LogP contribution in [0.15, 0.2) is 30.3 Å². The number of rotatable bonds is 5. The molecule has 3 unspecified atom stereocenters. The minimum atomic E-state index is -1.33. The van der Waals surface area contributed by atoms with Crippen LogP contribution >= 0.6 is 0 Å². The van der Waals surface area contributed by atoms with Gasteiger partial charge in [0.05, 0.1) is 12.2 Å². The van der Waals surface area contributed by atoms with Gasteiger partial charge < -0.3 is 19.5 Å². The molecule has 9 nitrogen and oxygen atoms in total. The summed E-state index contributed by atoms with van der Waals surface area (Å²) in [6, 6.07) is 10.9. The molecule has 4 atom stereocenters. The van der Waals surface area contributed by atoms with Gasteiger partial charge in [0.1, 0.15) is 6.10 Å². The molecule has 2 fully saturated rings. The lowest BCUT2D eigenvalue weighted by Crippen LogP contribution is -2.39. The van der Waals surface area contributed by atoms with E-state index in [0.717, 1.165) is 38.6 Å². The molecule has 0 aromatic heterocycles. The fraction of sp³-hybridized carbons (Fsp3) is 0.655. The van der Waals surface area contributed by atoms with E-state index in [1.807, 2.05) is 11.0 Å². The lowest BCUT2D eigenvalue weighted by molar-refractivity contribution is -0.168. The number of nitrogens with one attached hydrogen (secondary N) is 1. The number of nitrogens with zero attached hydrogens (tertiary/aromatic N) is 1. The molecule has 0 bridgehead atoms. The van der Waals surface area contributed by atoms with Crippen molar-refractivity contribution in [2.75, 3.05) is 6.54 Å². The van der Waals surface area contributed by atoms with Crippen molar-refractivity contribution in [1.82, 2.24) is 10.2 Å². The Morgan fingerprint density at radius 2 is 1.68 bits per heavy atom. The number of carboxylic acid groups (broad SMARTS) is 1. The molecular weight excluding hydrogens is 488 g/mol. The molecular formula is C29H50N2O7. The van der Waals surface area contributed by atoms with Gasteiger partial charge in [0.2, 0.25) is 12.8 Å². The average Bonchev–Trinajstić information content (AvgIpc) is 3.31. The number of imide groups is 1. The number of benzene rings is 1. The zero-order valence-corrected chi connectivity index (χ0v) is 24.4. The van der Waals surface area contributed by atoms with Crippen molar-refractivity contribution in [3.8, 4) is 0 Å². The van der Waals surface area contributed by atoms with E-state index in [4.69, 9.17) is 19.4 Å². The summed E-state index contributed by atoms with van der Waals surface area (Å²) in [6.07, 6.45) is 7.64. The van der Waals surface area contributed by atoms with E-state index in [1.165, 1.54) is 37.1 Å². The van der Waals surface area contributed by atoms with Crippen LogP contribution in [0.4, 0.5) is 4.79 Å². The summed E-state index contributed by atoms with van der Waals surface area (Å²) in [5.41, 5.74) is 1.41. The number of hydrogen-bond donors (Lipinski definition) is 2. The molecule has 9 heteroatoms. The zero-order valence-electron chi connectivity index (χ0n) is 24.4. The first-order valence-corrected chi connectivity index (χ1v) is 13.6. The summed E-state index contributed by atoms with van der Waals surface area (Å²) >= 11 is 0. The zero-order chi connectivity index (χ0) is 29.3. The van der Waals surface area contributed by atoms with Crippen LogP contribution in [0.2, 0.25) is 0 Å². The summed E-state index contributed by atoms with van der Waals surface area (Å²) in [7, 11) is 0. The van der Waals surface area contributed by atoms with E-state index in [2.05, 4.69) is 65.8 Å². The third-order valence-corrected chi connectivity index (χ3v) is 5.57. The lowest BCUT2D eigenvalue weighted by atomic mass is 10.00. The molecule has 0 aliphatic carbocycles. The molecule has 2 aliphatic heterocycles. The first-order chi connectivity index (χ1) is 18.1. The van der Waals surface area contributed by atoms with Crippen molar-refractivity contribution in [3.63, 3.8) is 0 Å². The Morgan fingerprint density at radius 1 is 1.08 bits per heavy atom. The normalized spacial score (nSPS) is 21.2. The highest BCUT2D eigenvalue weighted by atomic mass is 16.6. The third-order valence-electron chi connectivity index (χ3n) is 5.57. The summed E-state index contributed by atoms with van der Waals surface area (Å²) < 4.78 is 10.9. The molecule has 0 spiro atoms. The van der Waals surface area contributed by atoms with E-state index in [-0.39, 0.29) is 24.6 Å². The molecule has 218 valence electrons. The maximum absolute atomic E-state index is 10.8. The first kappa shape index (κ1) is 37.2. The van der Waals surface area contributed by atoms with Crippen LogP contribution in [0.25, 0.3) is 0 Å². The van der Waals surface area contributed by atoms with Gasteiger partial charge >= 0.3 is 12.1 Å². The van der Waals surface area contributed by atoms with E-state index in [0.29, 0.717) is 12.1 Å². The highest BCUT2D eigenvalue weighted by molar-refractivity contribution is 5.77. The fourth-order valence-corrected chi connectivity index (χ4v) is 3.62. The average molecular weight is 539 g/mol. The van der Waals surface area contributed by atoms with Gasteiger partial charge in [0.15, 0.2) is 0 Å². The van der Waals surface area contributed by atoms with Crippen LogP contribution in [0.3, 0.4) is 0 Å². The maximum Gasteiger partial charge on any atom is 0.411 e. The highest BCUT2D eigenvalue weighted by Crippen LogP contribution is 2.23. The van der Waals surface area contributed by atoms with Gasteiger partial charge in [-0.1, -0.05) is 64.4 Å². The molecule has 0 saturated carbocycles. The van der Waals surface area contributed by atoms with Crippen molar-refractivity contribution in [2.24, 2.45) is 0 Å². The number of carbonyl (C=O) groups is 4. The van der Waals surface area contributed by atoms with Crippen LogP contribution < -0.4 is 5.32 Å². The van der Waals surface area contributed by atoms with Crippen LogP contribution in [-0.4, -0.2) is 65.8 Å². The first-order valence-electron chi connectivity index (χ1n) is 13.6. The van der Waals surface area contributed by atoms with E-state index in [9.17, 15) is 14.4 Å². The largest absolute Gasteiger partial charge is 0.465 e. The molecule has 2 saturated heterocycles. The summed E-state index contributed by atoms with van der Waals surface area (Å²) in [5, 5.41) is 9.02. The second-order valence-corrected chi connectivity index (χ2v) is 9.07. The van der Waals surface area contributed by atoms with Crippen molar-refractivity contribution >= 4 is 24.9 Å². The fourth-order valence-electron chi connectivity index (χ4n) is 3.62. The van der Waals surface area contributed by atoms with Gasteiger partial charge in [-0.2, -0.15) is 0 Å². The van der Waals surface area contributed by atoms with Gasteiger partial charge in [0.25, 0.3) is 0 Å². The van der Waals surface area contributed by atoms with Gasteiger partial charge in [-0.25, -0.2) is 4.79 Å². The Kier molecular flexibility index (Phi) is 23.9. The van der Waals surface area contributed by atoms with Crippen LogP contribution in [0, 0.1) is 0 Å². The van der Waals surface area contributed by atoms with E-state index in [1.54, 1.807) is 0 Å². The Bertz CT molecular complexity index is 746. The van der Waals surface area contributed by atoms with Gasteiger partial charge in [-0.05, 0) is 57.9 Å². The number of ether oxygens (including phenoxy) is 2. The molecule has 3 amide bonds. The SMILES string of the molecule is CC1CCCN1C=O.CCC.CCC1O[C@@H](C)CCC1OC(C)=O.CCc1ccccc1.O=CNC(=O)O. The molecule has 0 radical (unpaired) electrons. The monoisotopic (exact) mass is 538 g/mol. The molecule has 2 N–H and O–H groups in total. The van der Waals surface area contributed by atoms with Gasteiger partial charge in [-0.15, -0.1) is 0 Å². The third kappa shape index (κ3) is 20.2. The molecule has 3 rings (SSSR count). The number of carbonyl (C=O) groups excluding carboxylic acids is 3. The predicted molar refractivity (Wildman–Crippen MR) is 150 cm³/mol. The van der Waals surface area contributed by atoms with Crippen molar-refractivity contribution in [1.29, 1.82) is 0 Å². The summed E-state index contributed by atoms with van der Waals surface area (Å²) in [4.78, 5) is 41.1. The van der Waals surface area contributed by atoms with Gasteiger partial charge in [-0.3, -0.25) is 19.7 Å². The molecule has 1 aromatic rings. The van der Waals surface area contributed by atoms with Crippen LogP contribution in [0.5, 0.6) is 0 Å². The number of esters is 1. The minimum Gasteiger partial charge on any atom is -0.465 e. The van der Waals surface area contributed by atoms with Crippen molar-refractivity contribution in [2.45, 2.75) is 118 Å². The number of amides is 3. The Morgan fingerprint density at radius 3 is 2.00 bits per heavy atom.